The van der Waals surface area contributed by atoms with Crippen LogP contribution in [-0.2, 0) is 0 Å². The van der Waals surface area contributed by atoms with Crippen LogP contribution in [0.25, 0.3) is 0 Å². The molecule has 10 heavy (non-hydrogen) atoms. The third kappa shape index (κ3) is 4.77. The molecule has 1 fully saturated rings. The van der Waals surface area contributed by atoms with Gasteiger partial charge in [-0.05, 0) is 19.9 Å². The van der Waals surface area contributed by atoms with Gasteiger partial charge in [-0.25, -0.2) is 0 Å². The molecule has 0 aromatic carbocycles. The van der Waals surface area contributed by atoms with Crippen molar-refractivity contribution in [3.63, 3.8) is 0 Å². The molecule has 2 N–H and O–H groups in total. The van der Waals surface area contributed by atoms with Gasteiger partial charge in [0.15, 0.2) is 0 Å². The molecular formula is C8H19NO. The minimum absolute atomic E-state index is 0.417. The van der Waals surface area contributed by atoms with E-state index in [9.17, 15) is 0 Å². The van der Waals surface area contributed by atoms with Crippen LogP contribution < -0.4 is 5.32 Å². The maximum atomic E-state index is 9.13. The van der Waals surface area contributed by atoms with Crippen molar-refractivity contribution in [1.82, 2.24) is 5.32 Å². The fraction of sp³-hybridized carbons (Fsp3) is 1.00. The Morgan fingerprint density at radius 3 is 2.10 bits per heavy atom. The molecule has 1 heterocycles. The average Bonchev–Trinajstić information content (AvgIpc) is 2.16. The van der Waals surface area contributed by atoms with Crippen LogP contribution in [0.15, 0.2) is 0 Å². The summed E-state index contributed by atoms with van der Waals surface area (Å²) >= 11 is 0. The second kappa shape index (κ2) is 4.69. The van der Waals surface area contributed by atoms with E-state index in [4.69, 9.17) is 5.11 Å². The highest BCUT2D eigenvalue weighted by atomic mass is 16.3. The largest absolute Gasteiger partial charge is 0.389 e. The molecule has 1 aliphatic heterocycles. The average molecular weight is 145 g/mol. The molecule has 1 aliphatic rings. The zero-order chi connectivity index (χ0) is 8.04. The molecule has 2 heteroatoms. The van der Waals surface area contributed by atoms with E-state index < -0.39 is 5.60 Å². The lowest BCUT2D eigenvalue weighted by Crippen LogP contribution is -2.26. The summed E-state index contributed by atoms with van der Waals surface area (Å²) in [4.78, 5) is 0. The van der Waals surface area contributed by atoms with Gasteiger partial charge in [0, 0.05) is 6.54 Å². The summed E-state index contributed by atoms with van der Waals surface area (Å²) in [7, 11) is 0. The van der Waals surface area contributed by atoms with Crippen LogP contribution in [0, 0.1) is 0 Å². The van der Waals surface area contributed by atoms with Crippen LogP contribution >= 0.6 is 0 Å². The molecule has 0 spiro atoms. The first-order chi connectivity index (χ1) is 4.62. The van der Waals surface area contributed by atoms with Gasteiger partial charge >= 0.3 is 0 Å². The van der Waals surface area contributed by atoms with Crippen LogP contribution in [-0.4, -0.2) is 23.8 Å². The van der Waals surface area contributed by atoms with E-state index in [0.717, 1.165) is 19.5 Å². The van der Waals surface area contributed by atoms with E-state index in [0.29, 0.717) is 0 Å². The Hall–Kier alpha value is -0.0800. The van der Waals surface area contributed by atoms with Gasteiger partial charge in [-0.15, -0.1) is 0 Å². The van der Waals surface area contributed by atoms with E-state index in [1.807, 2.05) is 6.92 Å². The lowest BCUT2D eigenvalue weighted by Gasteiger charge is -2.11. The summed E-state index contributed by atoms with van der Waals surface area (Å²) in [6, 6.07) is 0. The molecule has 1 unspecified atom stereocenters. The van der Waals surface area contributed by atoms with Gasteiger partial charge in [0.05, 0.1) is 5.60 Å². The second-order valence-corrected chi connectivity index (χ2v) is 3.13. The summed E-state index contributed by atoms with van der Waals surface area (Å²) in [5.41, 5.74) is -0.417. The van der Waals surface area contributed by atoms with Gasteiger partial charge in [0.2, 0.25) is 0 Å². The van der Waals surface area contributed by atoms with Crippen molar-refractivity contribution in [2.45, 2.75) is 39.2 Å². The Bertz CT molecular complexity index is 73.3. The van der Waals surface area contributed by atoms with E-state index in [-0.39, 0.29) is 0 Å². The van der Waals surface area contributed by atoms with Gasteiger partial charge in [-0.3, -0.25) is 0 Å². The van der Waals surface area contributed by atoms with Crippen LogP contribution in [0.1, 0.15) is 33.6 Å². The van der Waals surface area contributed by atoms with Crippen molar-refractivity contribution in [2.24, 2.45) is 0 Å². The minimum Gasteiger partial charge on any atom is -0.389 e. The molecule has 0 saturated carbocycles. The summed E-state index contributed by atoms with van der Waals surface area (Å²) in [5.74, 6) is 0. The zero-order valence-electron chi connectivity index (χ0n) is 7.28. The third-order valence-electron chi connectivity index (χ3n) is 1.35. The summed E-state index contributed by atoms with van der Waals surface area (Å²) in [6.07, 6.45) is 2.15. The smallest absolute Gasteiger partial charge is 0.0755 e. The molecule has 0 aliphatic carbocycles. The maximum absolute atomic E-state index is 9.13. The first-order valence-electron chi connectivity index (χ1n) is 4.05. The summed E-state index contributed by atoms with van der Waals surface area (Å²) in [6.45, 7) is 7.83. The summed E-state index contributed by atoms with van der Waals surface area (Å²) in [5, 5.41) is 12.2. The van der Waals surface area contributed by atoms with Crippen LogP contribution in [0.5, 0.6) is 0 Å². The second-order valence-electron chi connectivity index (χ2n) is 3.13. The zero-order valence-corrected chi connectivity index (χ0v) is 7.28. The van der Waals surface area contributed by atoms with Crippen LogP contribution in [0.4, 0.5) is 0 Å². The van der Waals surface area contributed by atoms with Crippen LogP contribution in [0.2, 0.25) is 0 Å². The molecule has 62 valence electrons. The van der Waals surface area contributed by atoms with Gasteiger partial charge in [0.25, 0.3) is 0 Å². The Labute approximate surface area is 63.6 Å². The quantitative estimate of drug-likeness (QED) is 0.536. The highest BCUT2D eigenvalue weighted by molar-refractivity contribution is 4.82. The van der Waals surface area contributed by atoms with Crippen molar-refractivity contribution in [1.29, 1.82) is 0 Å². The van der Waals surface area contributed by atoms with Crippen molar-refractivity contribution in [3.8, 4) is 0 Å². The number of rotatable bonds is 0. The maximum Gasteiger partial charge on any atom is 0.0755 e. The van der Waals surface area contributed by atoms with Gasteiger partial charge < -0.3 is 10.4 Å². The highest BCUT2D eigenvalue weighted by Crippen LogP contribution is 2.10. The molecule has 0 aromatic heterocycles. The van der Waals surface area contributed by atoms with Crippen molar-refractivity contribution >= 4 is 0 Å². The molecule has 1 saturated heterocycles. The Balaban J connectivity index is 0.000000236. The first kappa shape index (κ1) is 9.92. The fourth-order valence-corrected chi connectivity index (χ4v) is 0.804. The Kier molecular flexibility index (Phi) is 4.65. The molecule has 2 nitrogen and oxygen atoms in total. The van der Waals surface area contributed by atoms with Gasteiger partial charge in [-0.1, -0.05) is 20.3 Å². The minimum atomic E-state index is -0.417. The molecular weight excluding hydrogens is 126 g/mol. The number of nitrogens with one attached hydrogen (secondary N) is 1. The molecule has 0 aromatic rings. The van der Waals surface area contributed by atoms with Gasteiger partial charge in [-0.2, -0.15) is 0 Å². The monoisotopic (exact) mass is 145 g/mol. The van der Waals surface area contributed by atoms with E-state index in [1.54, 1.807) is 0 Å². The van der Waals surface area contributed by atoms with Gasteiger partial charge in [0.1, 0.15) is 0 Å². The highest BCUT2D eigenvalue weighted by Gasteiger charge is 2.23. The molecule has 0 bridgehead atoms. The van der Waals surface area contributed by atoms with E-state index >= 15 is 0 Å². The third-order valence-corrected chi connectivity index (χ3v) is 1.35. The normalized spacial score (nSPS) is 31.2. The molecule has 1 atom stereocenters. The molecule has 1 rings (SSSR count). The Morgan fingerprint density at radius 1 is 1.50 bits per heavy atom. The van der Waals surface area contributed by atoms with Crippen LogP contribution in [0.3, 0.4) is 0 Å². The molecule has 0 radical (unpaired) electrons. The number of aliphatic hydroxyl groups is 1. The van der Waals surface area contributed by atoms with E-state index in [1.165, 1.54) is 6.42 Å². The molecule has 0 amide bonds. The van der Waals surface area contributed by atoms with Crippen molar-refractivity contribution < 1.29 is 5.11 Å². The first-order valence-corrected chi connectivity index (χ1v) is 4.05. The number of hydrogen-bond donors (Lipinski definition) is 2. The predicted molar refractivity (Wildman–Crippen MR) is 44.1 cm³/mol. The number of β-amino-alcohol motifs (C(OH)–C–C–N with tert-alkyl or cyclic N) is 1. The van der Waals surface area contributed by atoms with Crippen molar-refractivity contribution in [2.75, 3.05) is 13.1 Å². The lowest BCUT2D eigenvalue weighted by molar-refractivity contribution is 0.0820. The van der Waals surface area contributed by atoms with Crippen molar-refractivity contribution in [3.05, 3.63) is 0 Å². The lowest BCUT2D eigenvalue weighted by atomic mass is 10.1. The van der Waals surface area contributed by atoms with E-state index in [2.05, 4.69) is 19.2 Å². The Morgan fingerprint density at radius 2 is 2.00 bits per heavy atom. The fourth-order valence-electron chi connectivity index (χ4n) is 0.804. The SMILES string of the molecule is CC1(O)CCNC1.CCC. The standard InChI is InChI=1S/C5H11NO.C3H8/c1-5(7)2-3-6-4-5;1-3-2/h6-7H,2-4H2,1H3;3H2,1-2H3. The topological polar surface area (TPSA) is 32.3 Å². The predicted octanol–water partition coefficient (Wildman–Crippen LogP) is 1.15. The summed E-state index contributed by atoms with van der Waals surface area (Å²) < 4.78 is 0. The number of hydrogen-bond acceptors (Lipinski definition) is 2.